The van der Waals surface area contributed by atoms with Gasteiger partial charge in [0.15, 0.2) is 0 Å². The number of ether oxygens (including phenoxy) is 2. The summed E-state index contributed by atoms with van der Waals surface area (Å²) < 4.78 is 10.8. The molecule has 0 fully saturated rings. The predicted octanol–water partition coefficient (Wildman–Crippen LogP) is 4.25. The van der Waals surface area contributed by atoms with Crippen LogP contribution in [0.1, 0.15) is 72.9 Å². The van der Waals surface area contributed by atoms with Crippen LogP contribution in [0.15, 0.2) is 60.7 Å². The standard InChI is InChI=1S/C35H50N4O7/c1-22(2)19-27(33(43)45-21-26-17-13-10-14-18-26)36-30(40)24(5)31(41)37-28(20-25-15-11-9-12-16-25)38-32(42)29(23(3)4)39-34(44)46-35(6,7)8/h9-18,22-24,27-29H,19-21H2,1-8H3,(H,36,40)(H,37,41)(H,38,42)(H,39,44)/t24?,27-,28-,29-/m0/s1. The minimum Gasteiger partial charge on any atom is -0.459 e. The van der Waals surface area contributed by atoms with Crippen LogP contribution in [0.4, 0.5) is 4.79 Å². The van der Waals surface area contributed by atoms with Gasteiger partial charge in [-0.05, 0) is 57.1 Å². The molecule has 2 aromatic rings. The zero-order valence-corrected chi connectivity index (χ0v) is 28.2. The first kappa shape index (κ1) is 37.8. The topological polar surface area (TPSA) is 152 Å². The SMILES string of the molecule is CC(C)C[C@H](NC(=O)C(C)C(=O)N[C@H](Cc1ccccc1)NC(=O)[C@@H](NC(=O)OC(C)(C)C)C(C)C)C(=O)OCc1ccccc1. The molecule has 0 aliphatic carbocycles. The summed E-state index contributed by atoms with van der Waals surface area (Å²) in [5, 5.41) is 10.9. The maximum Gasteiger partial charge on any atom is 0.408 e. The Morgan fingerprint density at radius 2 is 1.22 bits per heavy atom. The maximum atomic E-state index is 13.4. The fourth-order valence-corrected chi connectivity index (χ4v) is 4.45. The summed E-state index contributed by atoms with van der Waals surface area (Å²) in [5.74, 6) is -3.87. The van der Waals surface area contributed by atoms with Crippen molar-refractivity contribution < 1.29 is 33.4 Å². The van der Waals surface area contributed by atoms with E-state index in [-0.39, 0.29) is 24.9 Å². The molecule has 4 amide bonds. The predicted molar refractivity (Wildman–Crippen MR) is 175 cm³/mol. The van der Waals surface area contributed by atoms with Crippen LogP contribution >= 0.6 is 0 Å². The second-order valence-electron chi connectivity index (χ2n) is 13.1. The van der Waals surface area contributed by atoms with E-state index >= 15 is 0 Å². The van der Waals surface area contributed by atoms with E-state index in [1.807, 2.05) is 74.5 Å². The number of benzene rings is 2. The average molecular weight is 639 g/mol. The quantitative estimate of drug-likeness (QED) is 0.129. The van der Waals surface area contributed by atoms with Gasteiger partial charge in [0.2, 0.25) is 17.7 Å². The molecule has 0 saturated carbocycles. The van der Waals surface area contributed by atoms with Crippen molar-refractivity contribution in [1.29, 1.82) is 0 Å². The van der Waals surface area contributed by atoms with Crippen LogP contribution < -0.4 is 21.3 Å². The highest BCUT2D eigenvalue weighted by molar-refractivity contribution is 6.01. The highest BCUT2D eigenvalue weighted by Crippen LogP contribution is 2.12. The molecular weight excluding hydrogens is 588 g/mol. The van der Waals surface area contributed by atoms with Crippen LogP contribution in [-0.4, -0.2) is 53.6 Å². The zero-order chi connectivity index (χ0) is 34.4. The molecule has 0 aromatic heterocycles. The second-order valence-corrected chi connectivity index (χ2v) is 13.1. The van der Waals surface area contributed by atoms with E-state index < -0.39 is 59.6 Å². The lowest BCUT2D eigenvalue weighted by atomic mass is 10.0. The molecular formula is C35H50N4O7. The van der Waals surface area contributed by atoms with Crippen molar-refractivity contribution in [3.05, 3.63) is 71.8 Å². The smallest absolute Gasteiger partial charge is 0.408 e. The van der Waals surface area contributed by atoms with Crippen molar-refractivity contribution in [3.8, 4) is 0 Å². The van der Waals surface area contributed by atoms with Gasteiger partial charge >= 0.3 is 12.1 Å². The molecule has 0 bridgehead atoms. The van der Waals surface area contributed by atoms with Gasteiger partial charge in [-0.15, -0.1) is 0 Å². The van der Waals surface area contributed by atoms with Crippen molar-refractivity contribution in [2.45, 2.75) is 98.7 Å². The number of hydrogen-bond acceptors (Lipinski definition) is 7. The number of carbonyl (C=O) groups is 5. The van der Waals surface area contributed by atoms with E-state index in [0.717, 1.165) is 11.1 Å². The molecule has 2 rings (SSSR count). The minimum absolute atomic E-state index is 0.0567. The first-order chi connectivity index (χ1) is 21.6. The summed E-state index contributed by atoms with van der Waals surface area (Å²) >= 11 is 0. The van der Waals surface area contributed by atoms with E-state index in [4.69, 9.17) is 9.47 Å². The van der Waals surface area contributed by atoms with Crippen LogP contribution in [0.25, 0.3) is 0 Å². The lowest BCUT2D eigenvalue weighted by Gasteiger charge is -2.28. The second kappa shape index (κ2) is 17.9. The summed E-state index contributed by atoms with van der Waals surface area (Å²) in [7, 11) is 0. The molecule has 0 radical (unpaired) electrons. The number of carbonyl (C=O) groups excluding carboxylic acids is 5. The Morgan fingerprint density at radius 1 is 0.696 bits per heavy atom. The van der Waals surface area contributed by atoms with Crippen molar-refractivity contribution in [1.82, 2.24) is 21.3 Å². The monoisotopic (exact) mass is 638 g/mol. The van der Waals surface area contributed by atoms with E-state index in [1.165, 1.54) is 6.92 Å². The van der Waals surface area contributed by atoms with Gasteiger partial charge in [0.05, 0.1) is 0 Å². The van der Waals surface area contributed by atoms with Crippen LogP contribution in [0.5, 0.6) is 0 Å². The summed E-state index contributed by atoms with van der Waals surface area (Å²) in [6.07, 6.45) is -1.12. The van der Waals surface area contributed by atoms with Crippen molar-refractivity contribution in [2.24, 2.45) is 17.8 Å². The van der Waals surface area contributed by atoms with Gasteiger partial charge in [-0.25, -0.2) is 9.59 Å². The Bertz CT molecular complexity index is 1290. The third-order valence-electron chi connectivity index (χ3n) is 6.86. The fraction of sp³-hybridized carbons (Fsp3) is 0.514. The molecule has 1 unspecified atom stereocenters. The largest absolute Gasteiger partial charge is 0.459 e. The molecule has 0 heterocycles. The number of nitrogens with one attached hydrogen (secondary N) is 4. The Balaban J connectivity index is 2.14. The lowest BCUT2D eigenvalue weighted by Crippen LogP contribution is -2.58. The molecule has 0 aliphatic heterocycles. The molecule has 0 spiro atoms. The van der Waals surface area contributed by atoms with Gasteiger partial charge in [-0.1, -0.05) is 88.4 Å². The first-order valence-corrected chi connectivity index (χ1v) is 15.7. The van der Waals surface area contributed by atoms with Gasteiger partial charge < -0.3 is 30.7 Å². The Hall–Kier alpha value is -4.41. The summed E-state index contributed by atoms with van der Waals surface area (Å²) in [5.41, 5.74) is 0.880. The third kappa shape index (κ3) is 13.7. The molecule has 252 valence electrons. The van der Waals surface area contributed by atoms with Gasteiger partial charge in [-0.3, -0.25) is 14.4 Å². The first-order valence-electron chi connectivity index (χ1n) is 15.7. The minimum atomic E-state index is -1.20. The Labute approximate surface area is 272 Å². The molecule has 2 aromatic carbocycles. The Kier molecular flexibility index (Phi) is 14.7. The third-order valence-corrected chi connectivity index (χ3v) is 6.86. The average Bonchev–Trinajstić information content (AvgIpc) is 2.97. The number of amides is 4. The maximum absolute atomic E-state index is 13.4. The molecule has 0 aliphatic rings. The number of rotatable bonds is 15. The van der Waals surface area contributed by atoms with Gasteiger partial charge in [-0.2, -0.15) is 0 Å². The van der Waals surface area contributed by atoms with E-state index in [0.29, 0.717) is 6.42 Å². The Morgan fingerprint density at radius 3 is 1.74 bits per heavy atom. The van der Waals surface area contributed by atoms with Gasteiger partial charge in [0.1, 0.15) is 36.4 Å². The summed E-state index contributed by atoms with van der Waals surface area (Å²) in [6, 6.07) is 16.5. The van der Waals surface area contributed by atoms with E-state index in [9.17, 15) is 24.0 Å². The summed E-state index contributed by atoms with van der Waals surface area (Å²) in [6.45, 7) is 14.0. The van der Waals surface area contributed by atoms with Crippen LogP contribution in [0.3, 0.4) is 0 Å². The molecule has 46 heavy (non-hydrogen) atoms. The molecule has 11 heteroatoms. The van der Waals surface area contributed by atoms with Crippen LogP contribution in [0, 0.1) is 17.8 Å². The van der Waals surface area contributed by atoms with E-state index in [1.54, 1.807) is 34.6 Å². The van der Waals surface area contributed by atoms with Gasteiger partial charge in [0, 0.05) is 6.42 Å². The fourth-order valence-electron chi connectivity index (χ4n) is 4.45. The number of alkyl carbamates (subject to hydrolysis) is 1. The van der Waals surface area contributed by atoms with Gasteiger partial charge in [0.25, 0.3) is 0 Å². The molecule has 4 N–H and O–H groups in total. The number of hydrogen-bond donors (Lipinski definition) is 4. The van der Waals surface area contributed by atoms with Crippen LogP contribution in [0.2, 0.25) is 0 Å². The van der Waals surface area contributed by atoms with Crippen molar-refractivity contribution in [2.75, 3.05) is 0 Å². The van der Waals surface area contributed by atoms with Crippen molar-refractivity contribution in [3.63, 3.8) is 0 Å². The highest BCUT2D eigenvalue weighted by atomic mass is 16.6. The molecule has 11 nitrogen and oxygen atoms in total. The lowest BCUT2D eigenvalue weighted by molar-refractivity contribution is -0.150. The summed E-state index contributed by atoms with van der Waals surface area (Å²) in [4.78, 5) is 65.4. The highest BCUT2D eigenvalue weighted by Gasteiger charge is 2.32. The normalized spacial score (nSPS) is 14.0. The zero-order valence-electron chi connectivity index (χ0n) is 28.2. The molecule has 4 atom stereocenters. The van der Waals surface area contributed by atoms with E-state index in [2.05, 4.69) is 21.3 Å². The molecule has 0 saturated heterocycles. The number of esters is 1. The van der Waals surface area contributed by atoms with Crippen LogP contribution in [-0.2, 0) is 41.7 Å². The van der Waals surface area contributed by atoms with Crippen molar-refractivity contribution >= 4 is 29.8 Å².